The maximum absolute atomic E-state index is 9.49. The average molecular weight is 143 g/mol. The molecule has 3 heteroatoms. The quantitative estimate of drug-likeness (QED) is 0.482. The molecule has 0 atom stereocenters. The molecule has 3 nitrogen and oxygen atoms in total. The fourth-order valence-electron chi connectivity index (χ4n) is 0. The van der Waals surface area contributed by atoms with Crippen molar-refractivity contribution >= 4 is 11.8 Å². The summed E-state index contributed by atoms with van der Waals surface area (Å²) < 4.78 is 0. The smallest absolute Gasteiger partial charge is 0.126 e. The van der Waals surface area contributed by atoms with Crippen molar-refractivity contribution in [3.63, 3.8) is 0 Å². The van der Waals surface area contributed by atoms with Crippen LogP contribution in [0.4, 0.5) is 0 Å². The maximum atomic E-state index is 9.49. The lowest BCUT2D eigenvalue weighted by molar-refractivity contribution is -0.299. The second-order valence-corrected chi connectivity index (χ2v) is 1.98. The van der Waals surface area contributed by atoms with Crippen LogP contribution in [0.25, 0.3) is 0 Å². The summed E-state index contributed by atoms with van der Waals surface area (Å²) in [6, 6.07) is 0. The summed E-state index contributed by atoms with van der Waals surface area (Å²) in [6.07, 6.45) is 0. The monoisotopic (exact) mass is 143 g/mol. The summed E-state index contributed by atoms with van der Waals surface area (Å²) in [5.74, 6) is -1.02. The van der Waals surface area contributed by atoms with Crippen LogP contribution in [0, 0.1) is 0 Å². The van der Waals surface area contributed by atoms with Crippen molar-refractivity contribution in [1.29, 1.82) is 0 Å². The Morgan fingerprint density at radius 3 is 1.30 bits per heavy atom. The van der Waals surface area contributed by atoms with Crippen LogP contribution in [0.1, 0.15) is 20.8 Å². The van der Waals surface area contributed by atoms with E-state index in [-0.39, 0.29) is 11.4 Å². The van der Waals surface area contributed by atoms with E-state index in [2.05, 4.69) is 6.58 Å². The average Bonchev–Trinajstić information content (AvgIpc) is 1.63. The summed E-state index contributed by atoms with van der Waals surface area (Å²) >= 11 is 0. The lowest BCUT2D eigenvalue weighted by Crippen LogP contribution is -2.22. The van der Waals surface area contributed by atoms with Crippen molar-refractivity contribution < 1.29 is 14.7 Å². The molecule has 0 radical (unpaired) electrons. The molecule has 0 aliphatic heterocycles. The van der Waals surface area contributed by atoms with Gasteiger partial charge in [0, 0.05) is 0 Å². The van der Waals surface area contributed by atoms with E-state index < -0.39 is 5.97 Å². The molecule has 0 rings (SSSR count). The third kappa shape index (κ3) is 28.7. The predicted octanol–water partition coefficient (Wildman–Crippen LogP) is -0.0923. The van der Waals surface area contributed by atoms with Crippen molar-refractivity contribution in [1.82, 2.24) is 0 Å². The molecule has 0 N–H and O–H groups in total. The second-order valence-electron chi connectivity index (χ2n) is 1.98. The van der Waals surface area contributed by atoms with Gasteiger partial charge in [0.2, 0.25) is 0 Å². The molecule has 0 fully saturated rings. The fraction of sp³-hybridized carbons (Fsp3) is 0.429. The minimum Gasteiger partial charge on any atom is -0.545 e. The highest BCUT2D eigenvalue weighted by Crippen LogP contribution is 1.77. The molecule has 0 amide bonds. The van der Waals surface area contributed by atoms with E-state index in [4.69, 9.17) is 0 Å². The van der Waals surface area contributed by atoms with Gasteiger partial charge >= 0.3 is 0 Å². The standard InChI is InChI=1S/C4H6O2.C3H6O/c1-3(2)4(5)6;1-3(2)4/h1H2,2H3,(H,5,6);1-2H3/p-1. The van der Waals surface area contributed by atoms with E-state index in [1.165, 1.54) is 20.8 Å². The van der Waals surface area contributed by atoms with Gasteiger partial charge in [-0.2, -0.15) is 0 Å². The van der Waals surface area contributed by atoms with Gasteiger partial charge in [-0.3, -0.25) is 0 Å². The van der Waals surface area contributed by atoms with Crippen LogP contribution in [-0.4, -0.2) is 11.8 Å². The van der Waals surface area contributed by atoms with Crippen LogP contribution in [-0.2, 0) is 9.59 Å². The first-order chi connectivity index (χ1) is 4.37. The molecule has 58 valence electrons. The summed E-state index contributed by atoms with van der Waals surface area (Å²) in [5.41, 5.74) is 0.0648. The Kier molecular flexibility index (Phi) is 7.00. The Hall–Kier alpha value is -1.12. The highest BCUT2D eigenvalue weighted by molar-refractivity contribution is 5.82. The minimum absolute atomic E-state index is 0.0648. The third-order valence-corrected chi connectivity index (χ3v) is 0.348. The van der Waals surface area contributed by atoms with Gasteiger partial charge in [0.1, 0.15) is 5.78 Å². The summed E-state index contributed by atoms with van der Waals surface area (Å²) in [7, 11) is 0. The fourth-order valence-corrected chi connectivity index (χ4v) is 0. The van der Waals surface area contributed by atoms with Gasteiger partial charge in [-0.1, -0.05) is 6.58 Å². The molecule has 10 heavy (non-hydrogen) atoms. The zero-order valence-corrected chi connectivity index (χ0v) is 6.43. The van der Waals surface area contributed by atoms with Crippen LogP contribution >= 0.6 is 0 Å². The first-order valence-electron chi connectivity index (χ1n) is 2.72. The Labute approximate surface area is 60.4 Å². The first kappa shape index (κ1) is 11.6. The molecular weight excluding hydrogens is 132 g/mol. The number of carboxylic acids is 1. The van der Waals surface area contributed by atoms with Crippen molar-refractivity contribution in [2.24, 2.45) is 0 Å². The number of carboxylic acid groups (broad SMARTS) is 1. The predicted molar refractivity (Wildman–Crippen MR) is 36.2 cm³/mol. The number of carbonyl (C=O) groups excluding carboxylic acids is 2. The Morgan fingerprint density at radius 1 is 1.20 bits per heavy atom. The summed E-state index contributed by atoms with van der Waals surface area (Å²) in [5, 5.41) is 9.49. The topological polar surface area (TPSA) is 57.2 Å². The number of hydrogen-bond acceptors (Lipinski definition) is 3. The van der Waals surface area contributed by atoms with Crippen LogP contribution in [0.2, 0.25) is 0 Å². The van der Waals surface area contributed by atoms with Gasteiger partial charge in [-0.25, -0.2) is 0 Å². The van der Waals surface area contributed by atoms with Gasteiger partial charge in [0.15, 0.2) is 0 Å². The van der Waals surface area contributed by atoms with Crippen molar-refractivity contribution in [2.45, 2.75) is 20.8 Å². The molecule has 0 heterocycles. The van der Waals surface area contributed by atoms with Crippen LogP contribution in [0.5, 0.6) is 0 Å². The zero-order valence-electron chi connectivity index (χ0n) is 6.43. The molecule has 0 aliphatic carbocycles. The van der Waals surface area contributed by atoms with Gasteiger partial charge in [0.05, 0.1) is 5.97 Å². The number of rotatable bonds is 1. The lowest BCUT2D eigenvalue weighted by Gasteiger charge is -1.93. The van der Waals surface area contributed by atoms with Crippen molar-refractivity contribution in [3.05, 3.63) is 12.2 Å². The van der Waals surface area contributed by atoms with Crippen LogP contribution < -0.4 is 5.11 Å². The molecule has 0 saturated heterocycles. The second kappa shape index (κ2) is 6.01. The van der Waals surface area contributed by atoms with E-state index in [9.17, 15) is 14.7 Å². The number of carbonyl (C=O) groups is 2. The molecule has 0 aliphatic rings. The molecule has 0 bridgehead atoms. The number of hydrogen-bond donors (Lipinski definition) is 0. The molecule has 0 aromatic rings. The molecule has 0 aromatic heterocycles. The van der Waals surface area contributed by atoms with E-state index in [0.29, 0.717) is 0 Å². The highest BCUT2D eigenvalue weighted by atomic mass is 16.4. The zero-order chi connectivity index (χ0) is 8.73. The molecule has 0 unspecified atom stereocenters. The number of aliphatic carboxylic acids is 1. The molecular formula is C7H11O3-. The summed E-state index contributed by atoms with van der Waals surface area (Å²) in [4.78, 5) is 18.9. The Morgan fingerprint density at radius 2 is 1.30 bits per heavy atom. The lowest BCUT2D eigenvalue weighted by atomic mass is 10.4. The van der Waals surface area contributed by atoms with Crippen LogP contribution in [0.15, 0.2) is 12.2 Å². The largest absolute Gasteiger partial charge is 0.545 e. The highest BCUT2D eigenvalue weighted by Gasteiger charge is 1.76. The van der Waals surface area contributed by atoms with Crippen LogP contribution in [0.3, 0.4) is 0 Å². The third-order valence-electron chi connectivity index (χ3n) is 0.348. The normalized spacial score (nSPS) is 7.10. The molecule has 0 spiro atoms. The SMILES string of the molecule is C=C(C)C(=O)[O-].CC(C)=O. The Bertz CT molecular complexity index is 131. The Balaban J connectivity index is 0. The number of ketones is 1. The van der Waals surface area contributed by atoms with Gasteiger partial charge < -0.3 is 14.7 Å². The minimum atomic E-state index is -1.19. The van der Waals surface area contributed by atoms with Gasteiger partial charge in [-0.05, 0) is 26.3 Å². The maximum Gasteiger partial charge on any atom is 0.126 e. The van der Waals surface area contributed by atoms with Crippen molar-refractivity contribution in [2.75, 3.05) is 0 Å². The van der Waals surface area contributed by atoms with E-state index in [1.807, 2.05) is 0 Å². The van der Waals surface area contributed by atoms with E-state index >= 15 is 0 Å². The summed E-state index contributed by atoms with van der Waals surface area (Å²) in [6.45, 7) is 7.53. The van der Waals surface area contributed by atoms with E-state index in [0.717, 1.165) is 0 Å². The molecule has 0 saturated carbocycles. The first-order valence-corrected chi connectivity index (χ1v) is 2.72. The van der Waals surface area contributed by atoms with Gasteiger partial charge in [0.25, 0.3) is 0 Å². The molecule has 0 aromatic carbocycles. The van der Waals surface area contributed by atoms with Crippen molar-refractivity contribution in [3.8, 4) is 0 Å². The van der Waals surface area contributed by atoms with Gasteiger partial charge in [-0.15, -0.1) is 0 Å². The van der Waals surface area contributed by atoms with E-state index in [1.54, 1.807) is 0 Å². The number of Topliss-reactive ketones (excluding diaryl/α,β-unsaturated/α-hetero) is 1.